The van der Waals surface area contributed by atoms with Crippen molar-refractivity contribution in [1.82, 2.24) is 10.3 Å². The summed E-state index contributed by atoms with van der Waals surface area (Å²) in [5.74, 6) is 1.23. The Morgan fingerprint density at radius 1 is 1.10 bits per heavy atom. The Bertz CT molecular complexity index is 970. The first kappa shape index (κ1) is 20.8. The second kappa shape index (κ2) is 9.99. The lowest BCUT2D eigenvalue weighted by atomic mass is 10.2. The predicted octanol–water partition coefficient (Wildman–Crippen LogP) is 4.73. The molecule has 0 spiro atoms. The Kier molecular flexibility index (Phi) is 7.15. The summed E-state index contributed by atoms with van der Waals surface area (Å²) in [6.45, 7) is 2.68. The normalized spacial score (nSPS) is 10.3. The highest BCUT2D eigenvalue weighted by molar-refractivity contribution is 7.80. The molecule has 0 unspecified atom stereocenters. The molecule has 0 saturated carbocycles. The number of nitrogens with one attached hydrogen (secondary N) is 2. The van der Waals surface area contributed by atoms with Crippen LogP contribution < -0.4 is 20.1 Å². The van der Waals surface area contributed by atoms with E-state index in [4.69, 9.17) is 21.7 Å². The first-order valence-corrected chi connectivity index (χ1v) is 10.3. The summed E-state index contributed by atoms with van der Waals surface area (Å²) in [5, 5.41) is 8.33. The fourth-order valence-electron chi connectivity index (χ4n) is 2.45. The first-order valence-electron chi connectivity index (χ1n) is 9.04. The van der Waals surface area contributed by atoms with Crippen molar-refractivity contribution in [3.05, 3.63) is 59.5 Å². The fraction of sp³-hybridized carbons (Fsp3) is 0.190. The lowest BCUT2D eigenvalue weighted by molar-refractivity contribution is 0.0977. The van der Waals surface area contributed by atoms with E-state index in [1.165, 1.54) is 11.3 Å². The van der Waals surface area contributed by atoms with Gasteiger partial charge in [-0.25, -0.2) is 4.98 Å². The molecule has 6 nitrogen and oxygen atoms in total. The van der Waals surface area contributed by atoms with E-state index in [1.54, 1.807) is 31.4 Å². The number of carbonyl (C=O) groups is 1. The average molecular weight is 428 g/mol. The predicted molar refractivity (Wildman–Crippen MR) is 120 cm³/mol. The Morgan fingerprint density at radius 2 is 1.79 bits per heavy atom. The zero-order valence-electron chi connectivity index (χ0n) is 16.1. The van der Waals surface area contributed by atoms with Crippen molar-refractivity contribution in [2.45, 2.75) is 13.3 Å². The summed E-state index contributed by atoms with van der Waals surface area (Å²) < 4.78 is 10.7. The quantitative estimate of drug-likeness (QED) is 0.531. The number of ether oxygens (including phenoxy) is 2. The van der Waals surface area contributed by atoms with E-state index in [9.17, 15) is 4.79 Å². The molecule has 8 heteroatoms. The van der Waals surface area contributed by atoms with Crippen LogP contribution in [-0.2, 0) is 0 Å². The number of hydrogen-bond donors (Lipinski definition) is 2. The van der Waals surface area contributed by atoms with Crippen LogP contribution in [0.3, 0.4) is 0 Å². The van der Waals surface area contributed by atoms with Crippen LogP contribution in [0.15, 0.2) is 53.9 Å². The van der Waals surface area contributed by atoms with E-state index in [0.29, 0.717) is 17.3 Å². The van der Waals surface area contributed by atoms with E-state index >= 15 is 0 Å². The van der Waals surface area contributed by atoms with Crippen LogP contribution in [0.25, 0.3) is 11.3 Å². The maximum absolute atomic E-state index is 12.3. The highest BCUT2D eigenvalue weighted by Crippen LogP contribution is 2.26. The van der Waals surface area contributed by atoms with Gasteiger partial charge in [0.15, 0.2) is 10.2 Å². The second-order valence-electron chi connectivity index (χ2n) is 6.05. The maximum Gasteiger partial charge on any atom is 0.257 e. The van der Waals surface area contributed by atoms with Crippen molar-refractivity contribution in [1.29, 1.82) is 0 Å². The third-order valence-corrected chi connectivity index (χ3v) is 4.89. The van der Waals surface area contributed by atoms with Gasteiger partial charge in [-0.2, -0.15) is 0 Å². The number of benzene rings is 2. The number of anilines is 1. The number of hydrogen-bond acceptors (Lipinski definition) is 6. The molecule has 0 atom stereocenters. The van der Waals surface area contributed by atoms with Gasteiger partial charge < -0.3 is 14.8 Å². The van der Waals surface area contributed by atoms with E-state index in [2.05, 4.69) is 15.6 Å². The molecule has 0 fully saturated rings. The molecule has 0 aliphatic carbocycles. The minimum Gasteiger partial charge on any atom is -0.497 e. The molecule has 3 aromatic rings. The topological polar surface area (TPSA) is 72.5 Å². The molecule has 1 amide bonds. The fourth-order valence-corrected chi connectivity index (χ4v) is 3.43. The minimum atomic E-state index is -0.295. The monoisotopic (exact) mass is 427 g/mol. The number of nitrogens with zero attached hydrogens (tertiary/aromatic N) is 1. The molecule has 0 aliphatic heterocycles. The largest absolute Gasteiger partial charge is 0.497 e. The van der Waals surface area contributed by atoms with Gasteiger partial charge in [0.25, 0.3) is 5.91 Å². The molecule has 29 heavy (non-hydrogen) atoms. The molecule has 150 valence electrons. The van der Waals surface area contributed by atoms with Crippen LogP contribution in [0.4, 0.5) is 5.13 Å². The van der Waals surface area contributed by atoms with Crippen LogP contribution in [0, 0.1) is 0 Å². The van der Waals surface area contributed by atoms with Crippen LogP contribution >= 0.6 is 23.6 Å². The Labute approximate surface area is 178 Å². The first-order chi connectivity index (χ1) is 14.1. The van der Waals surface area contributed by atoms with Crippen molar-refractivity contribution in [2.75, 3.05) is 19.0 Å². The number of aromatic nitrogens is 1. The summed E-state index contributed by atoms with van der Waals surface area (Å²) in [7, 11) is 1.63. The van der Waals surface area contributed by atoms with Gasteiger partial charge in [0.05, 0.1) is 19.4 Å². The standard InChI is InChI=1S/C21H21N3O3S2/c1-3-12-27-17-10-6-15(7-11-17)19(25)23-20(28)24-21-22-18(13-29-21)14-4-8-16(26-2)9-5-14/h4-11,13H,3,12H2,1-2H3,(H2,22,23,24,25,28). The zero-order valence-corrected chi connectivity index (χ0v) is 17.7. The summed E-state index contributed by atoms with van der Waals surface area (Å²) in [4.78, 5) is 16.9. The van der Waals surface area contributed by atoms with Gasteiger partial charge in [-0.3, -0.25) is 10.1 Å². The Hall–Kier alpha value is -2.97. The van der Waals surface area contributed by atoms with Gasteiger partial charge >= 0.3 is 0 Å². The van der Waals surface area contributed by atoms with Crippen LogP contribution in [-0.4, -0.2) is 29.7 Å². The molecule has 2 aromatic carbocycles. The second-order valence-corrected chi connectivity index (χ2v) is 7.31. The smallest absolute Gasteiger partial charge is 0.257 e. The number of carbonyl (C=O) groups excluding carboxylic acids is 1. The summed E-state index contributed by atoms with van der Waals surface area (Å²) >= 11 is 6.64. The molecule has 0 radical (unpaired) electrons. The molecule has 0 aliphatic rings. The van der Waals surface area contributed by atoms with Crippen LogP contribution in [0.2, 0.25) is 0 Å². The molecule has 0 saturated heterocycles. The molecule has 1 heterocycles. The van der Waals surface area contributed by atoms with Gasteiger partial charge in [0.2, 0.25) is 0 Å². The van der Waals surface area contributed by atoms with Gasteiger partial charge in [-0.15, -0.1) is 11.3 Å². The van der Waals surface area contributed by atoms with Crippen molar-refractivity contribution < 1.29 is 14.3 Å². The number of amides is 1. The number of thiazole rings is 1. The molecule has 1 aromatic heterocycles. The van der Waals surface area contributed by atoms with Gasteiger partial charge in [-0.1, -0.05) is 6.92 Å². The van der Waals surface area contributed by atoms with Crippen LogP contribution in [0.1, 0.15) is 23.7 Å². The van der Waals surface area contributed by atoms with E-state index in [0.717, 1.165) is 29.2 Å². The minimum absolute atomic E-state index is 0.192. The van der Waals surface area contributed by atoms with Crippen molar-refractivity contribution in [3.63, 3.8) is 0 Å². The molecule has 0 bridgehead atoms. The molecule has 3 rings (SSSR count). The summed E-state index contributed by atoms with van der Waals surface area (Å²) in [5.41, 5.74) is 2.28. The van der Waals surface area contributed by atoms with Crippen molar-refractivity contribution >= 4 is 39.7 Å². The highest BCUT2D eigenvalue weighted by atomic mass is 32.1. The summed E-state index contributed by atoms with van der Waals surface area (Å²) in [6, 6.07) is 14.6. The SMILES string of the molecule is CCCOc1ccc(C(=O)NC(=S)Nc2nc(-c3ccc(OC)cc3)cs2)cc1. The van der Waals surface area contributed by atoms with Crippen LogP contribution in [0.5, 0.6) is 11.5 Å². The number of thiocarbonyl (C=S) groups is 1. The molecule has 2 N–H and O–H groups in total. The van der Waals surface area contributed by atoms with E-state index < -0.39 is 0 Å². The third-order valence-electron chi connectivity index (χ3n) is 3.93. The van der Waals surface area contributed by atoms with Crippen molar-refractivity contribution in [2.24, 2.45) is 0 Å². The number of methoxy groups -OCH3 is 1. The highest BCUT2D eigenvalue weighted by Gasteiger charge is 2.10. The van der Waals surface area contributed by atoms with Crippen molar-refractivity contribution in [3.8, 4) is 22.8 Å². The maximum atomic E-state index is 12.3. The number of rotatable bonds is 7. The average Bonchev–Trinajstić information content (AvgIpc) is 3.20. The van der Waals surface area contributed by atoms with Gasteiger partial charge in [0, 0.05) is 16.5 Å². The van der Waals surface area contributed by atoms with E-state index in [-0.39, 0.29) is 11.0 Å². The molecular weight excluding hydrogens is 406 g/mol. The summed E-state index contributed by atoms with van der Waals surface area (Å²) in [6.07, 6.45) is 0.930. The Morgan fingerprint density at radius 3 is 2.45 bits per heavy atom. The lowest BCUT2D eigenvalue weighted by Crippen LogP contribution is -2.34. The van der Waals surface area contributed by atoms with E-state index in [1.807, 2.05) is 36.6 Å². The van der Waals surface area contributed by atoms with Gasteiger partial charge in [0.1, 0.15) is 11.5 Å². The Balaban J connectivity index is 1.56. The zero-order chi connectivity index (χ0) is 20.6. The third kappa shape index (κ3) is 5.75. The molecular formula is C21H21N3O3S2. The lowest BCUT2D eigenvalue weighted by Gasteiger charge is -2.08. The van der Waals surface area contributed by atoms with Gasteiger partial charge in [-0.05, 0) is 67.2 Å².